The van der Waals surface area contributed by atoms with Gasteiger partial charge in [-0.15, -0.1) is 10.2 Å². The van der Waals surface area contributed by atoms with Crippen LogP contribution in [0.5, 0.6) is 0 Å². The first-order valence-electron chi connectivity index (χ1n) is 9.16. The maximum Gasteiger partial charge on any atom is 0.151 e. The van der Waals surface area contributed by atoms with Gasteiger partial charge in [-0.25, -0.2) is 0 Å². The lowest BCUT2D eigenvalue weighted by Gasteiger charge is -2.34. The van der Waals surface area contributed by atoms with Crippen LogP contribution in [0.1, 0.15) is 11.4 Å². The third kappa shape index (κ3) is 4.15. The van der Waals surface area contributed by atoms with Crippen molar-refractivity contribution in [2.75, 3.05) is 32.7 Å². The Labute approximate surface area is 154 Å². The lowest BCUT2D eigenvalue weighted by molar-refractivity contribution is 0.125. The molecule has 0 spiro atoms. The molecular formula is C20H24N6. The van der Waals surface area contributed by atoms with E-state index in [1.165, 1.54) is 5.56 Å². The van der Waals surface area contributed by atoms with E-state index in [0.717, 1.165) is 57.2 Å². The van der Waals surface area contributed by atoms with Gasteiger partial charge in [-0.3, -0.25) is 14.5 Å². The molecule has 3 heterocycles. The Kier molecular flexibility index (Phi) is 5.33. The molecule has 0 aliphatic carbocycles. The lowest BCUT2D eigenvalue weighted by Crippen LogP contribution is -2.46. The number of hydrogen-bond donors (Lipinski definition) is 0. The highest BCUT2D eigenvalue weighted by molar-refractivity contribution is 5.31. The summed E-state index contributed by atoms with van der Waals surface area (Å²) in [4.78, 5) is 9.09. The van der Waals surface area contributed by atoms with Gasteiger partial charge in [-0.05, 0) is 36.2 Å². The Morgan fingerprint density at radius 1 is 0.846 bits per heavy atom. The number of para-hydroxylation sites is 1. The predicted molar refractivity (Wildman–Crippen MR) is 101 cm³/mol. The summed E-state index contributed by atoms with van der Waals surface area (Å²) in [7, 11) is 0. The van der Waals surface area contributed by atoms with Gasteiger partial charge in [0.1, 0.15) is 6.33 Å². The van der Waals surface area contributed by atoms with Crippen molar-refractivity contribution in [1.29, 1.82) is 0 Å². The van der Waals surface area contributed by atoms with Gasteiger partial charge in [0.25, 0.3) is 0 Å². The molecule has 6 nitrogen and oxygen atoms in total. The smallest absolute Gasteiger partial charge is 0.151 e. The maximum atomic E-state index is 4.33. The van der Waals surface area contributed by atoms with Gasteiger partial charge in [0.05, 0.1) is 6.54 Å². The molecule has 0 radical (unpaired) electrons. The molecular weight excluding hydrogens is 324 g/mol. The molecule has 6 heteroatoms. The molecule has 0 unspecified atom stereocenters. The van der Waals surface area contributed by atoms with Crippen LogP contribution in [0.25, 0.3) is 5.69 Å². The van der Waals surface area contributed by atoms with Gasteiger partial charge in [0.15, 0.2) is 5.82 Å². The predicted octanol–water partition coefficient (Wildman–Crippen LogP) is 2.02. The van der Waals surface area contributed by atoms with Crippen molar-refractivity contribution in [3.05, 3.63) is 72.6 Å². The molecule has 26 heavy (non-hydrogen) atoms. The van der Waals surface area contributed by atoms with Crippen molar-refractivity contribution < 1.29 is 0 Å². The van der Waals surface area contributed by atoms with Crippen LogP contribution >= 0.6 is 0 Å². The fourth-order valence-electron chi connectivity index (χ4n) is 3.38. The summed E-state index contributed by atoms with van der Waals surface area (Å²) in [6, 6.07) is 14.5. The van der Waals surface area contributed by atoms with E-state index >= 15 is 0 Å². The zero-order chi connectivity index (χ0) is 17.6. The van der Waals surface area contributed by atoms with Gasteiger partial charge < -0.3 is 4.90 Å². The Morgan fingerprint density at radius 2 is 1.58 bits per heavy atom. The Hall–Kier alpha value is -2.57. The standard InChI is InChI=1S/C20H24N6/c1-2-4-19(5-3-1)26-17-22-23-20(26)16-25-14-12-24(13-15-25)11-8-18-6-9-21-10-7-18/h1-7,9-10,17H,8,11-16H2. The van der Waals surface area contributed by atoms with Gasteiger partial charge in [-0.2, -0.15) is 0 Å². The van der Waals surface area contributed by atoms with Gasteiger partial charge in [-0.1, -0.05) is 18.2 Å². The van der Waals surface area contributed by atoms with E-state index in [1.54, 1.807) is 6.33 Å². The molecule has 3 aromatic rings. The number of pyridine rings is 1. The average Bonchev–Trinajstić information content (AvgIpc) is 3.17. The number of nitrogens with zero attached hydrogens (tertiary/aromatic N) is 6. The minimum atomic E-state index is 0.840. The Bertz CT molecular complexity index is 793. The zero-order valence-corrected chi connectivity index (χ0v) is 14.9. The minimum absolute atomic E-state index is 0.840. The zero-order valence-electron chi connectivity index (χ0n) is 14.9. The molecule has 0 bridgehead atoms. The monoisotopic (exact) mass is 348 g/mol. The van der Waals surface area contributed by atoms with Crippen LogP contribution in [-0.4, -0.2) is 62.3 Å². The summed E-state index contributed by atoms with van der Waals surface area (Å²) < 4.78 is 2.08. The van der Waals surface area contributed by atoms with Crippen molar-refractivity contribution in [1.82, 2.24) is 29.5 Å². The second-order valence-corrected chi connectivity index (χ2v) is 6.68. The number of piperazine rings is 1. The van der Waals surface area contributed by atoms with Crippen LogP contribution in [-0.2, 0) is 13.0 Å². The Morgan fingerprint density at radius 3 is 2.35 bits per heavy atom. The molecule has 1 aromatic carbocycles. The van der Waals surface area contributed by atoms with E-state index in [9.17, 15) is 0 Å². The summed E-state index contributed by atoms with van der Waals surface area (Å²) in [5.74, 6) is 1.00. The molecule has 1 aliphatic rings. The van der Waals surface area contributed by atoms with Crippen LogP contribution in [0.2, 0.25) is 0 Å². The molecule has 2 aromatic heterocycles. The van der Waals surface area contributed by atoms with Crippen molar-refractivity contribution >= 4 is 0 Å². The molecule has 1 saturated heterocycles. The average molecular weight is 348 g/mol. The summed E-state index contributed by atoms with van der Waals surface area (Å²) in [6.07, 6.45) is 6.63. The largest absolute Gasteiger partial charge is 0.300 e. The third-order valence-corrected chi connectivity index (χ3v) is 4.95. The minimum Gasteiger partial charge on any atom is -0.300 e. The molecule has 1 aliphatic heterocycles. The molecule has 0 atom stereocenters. The second-order valence-electron chi connectivity index (χ2n) is 6.68. The van der Waals surface area contributed by atoms with E-state index < -0.39 is 0 Å². The summed E-state index contributed by atoms with van der Waals surface area (Å²) in [5, 5.41) is 8.45. The fourth-order valence-corrected chi connectivity index (χ4v) is 3.38. The van der Waals surface area contributed by atoms with E-state index in [4.69, 9.17) is 0 Å². The highest BCUT2D eigenvalue weighted by Gasteiger charge is 2.19. The first kappa shape index (κ1) is 16.9. The highest BCUT2D eigenvalue weighted by Crippen LogP contribution is 2.12. The molecule has 0 saturated carbocycles. The number of hydrogen-bond acceptors (Lipinski definition) is 5. The normalized spacial score (nSPS) is 16.0. The Balaban J connectivity index is 1.29. The van der Waals surface area contributed by atoms with Crippen molar-refractivity contribution in [3.8, 4) is 5.69 Å². The maximum absolute atomic E-state index is 4.33. The first-order valence-corrected chi connectivity index (χ1v) is 9.16. The van der Waals surface area contributed by atoms with Crippen molar-refractivity contribution in [2.45, 2.75) is 13.0 Å². The summed E-state index contributed by atoms with van der Waals surface area (Å²) in [6.45, 7) is 6.29. The lowest BCUT2D eigenvalue weighted by atomic mass is 10.2. The van der Waals surface area contributed by atoms with Gasteiger partial charge in [0, 0.05) is 50.8 Å². The molecule has 0 N–H and O–H groups in total. The fraction of sp³-hybridized carbons (Fsp3) is 0.350. The van der Waals surface area contributed by atoms with Crippen LogP contribution in [0, 0.1) is 0 Å². The van der Waals surface area contributed by atoms with E-state index in [2.05, 4.69) is 53.8 Å². The topological polar surface area (TPSA) is 50.1 Å². The van der Waals surface area contributed by atoms with Crippen LogP contribution in [0.15, 0.2) is 61.2 Å². The van der Waals surface area contributed by atoms with E-state index in [-0.39, 0.29) is 0 Å². The summed E-state index contributed by atoms with van der Waals surface area (Å²) >= 11 is 0. The quantitative estimate of drug-likeness (QED) is 0.682. The SMILES string of the molecule is c1ccc(-n2cnnc2CN2CCN(CCc3ccncc3)CC2)cc1. The van der Waals surface area contributed by atoms with Crippen molar-refractivity contribution in [3.63, 3.8) is 0 Å². The second kappa shape index (κ2) is 8.21. The molecule has 134 valence electrons. The number of benzene rings is 1. The van der Waals surface area contributed by atoms with Gasteiger partial charge >= 0.3 is 0 Å². The van der Waals surface area contributed by atoms with E-state index in [1.807, 2.05) is 30.6 Å². The number of rotatable bonds is 6. The molecule has 4 rings (SSSR count). The van der Waals surface area contributed by atoms with Crippen LogP contribution in [0.3, 0.4) is 0 Å². The van der Waals surface area contributed by atoms with Crippen molar-refractivity contribution in [2.24, 2.45) is 0 Å². The molecule has 0 amide bonds. The molecule has 1 fully saturated rings. The van der Waals surface area contributed by atoms with E-state index in [0.29, 0.717) is 0 Å². The van der Waals surface area contributed by atoms with Crippen LogP contribution < -0.4 is 0 Å². The number of aromatic nitrogens is 4. The van der Waals surface area contributed by atoms with Gasteiger partial charge in [0.2, 0.25) is 0 Å². The third-order valence-electron chi connectivity index (χ3n) is 4.95. The van der Waals surface area contributed by atoms with Crippen LogP contribution in [0.4, 0.5) is 0 Å². The summed E-state index contributed by atoms with van der Waals surface area (Å²) in [5.41, 5.74) is 2.47. The first-order chi connectivity index (χ1) is 12.9. The highest BCUT2D eigenvalue weighted by atomic mass is 15.3.